The quantitative estimate of drug-likeness (QED) is 0.637. The van der Waals surface area contributed by atoms with Crippen LogP contribution in [0.1, 0.15) is 25.0 Å². The molecule has 9 heteroatoms. The lowest BCUT2D eigenvalue weighted by atomic mass is 10.1. The molecule has 7 nitrogen and oxygen atoms in total. The lowest BCUT2D eigenvalue weighted by molar-refractivity contribution is -0.140. The number of nitrogens with one attached hydrogen (secondary N) is 1. The molecule has 0 aliphatic heterocycles. The Morgan fingerprint density at radius 1 is 1.10 bits per heavy atom. The van der Waals surface area contributed by atoms with Crippen molar-refractivity contribution < 1.29 is 22.4 Å². The van der Waals surface area contributed by atoms with Crippen LogP contribution in [0.15, 0.2) is 53.4 Å². The standard InChI is InChI=1S/C22H28FN3O4S/c1-5-24-22(28)17(3)26(14-18-8-6-7-9-20(18)23)21(27)15-25(4)31(29,30)19-12-10-16(2)11-13-19/h6-13,17H,5,14-15H2,1-4H3,(H,24,28)/t17-/m0/s1. The van der Waals surface area contributed by atoms with Crippen LogP contribution in [0.25, 0.3) is 0 Å². The molecule has 2 aromatic rings. The van der Waals surface area contributed by atoms with Gasteiger partial charge >= 0.3 is 0 Å². The number of hydrogen-bond acceptors (Lipinski definition) is 4. The van der Waals surface area contributed by atoms with E-state index in [0.29, 0.717) is 6.54 Å². The molecule has 0 aromatic heterocycles. The molecular weight excluding hydrogens is 421 g/mol. The molecular formula is C22H28FN3O4S. The second kappa shape index (κ2) is 10.5. The Morgan fingerprint density at radius 2 is 1.71 bits per heavy atom. The van der Waals surface area contributed by atoms with Crippen LogP contribution in [-0.4, -0.2) is 55.6 Å². The van der Waals surface area contributed by atoms with Gasteiger partial charge in [-0.15, -0.1) is 0 Å². The highest BCUT2D eigenvalue weighted by atomic mass is 32.2. The van der Waals surface area contributed by atoms with E-state index in [9.17, 15) is 22.4 Å². The number of aryl methyl sites for hydroxylation is 1. The van der Waals surface area contributed by atoms with Crippen molar-refractivity contribution in [1.82, 2.24) is 14.5 Å². The van der Waals surface area contributed by atoms with Gasteiger partial charge in [-0.3, -0.25) is 9.59 Å². The third-order valence-corrected chi connectivity index (χ3v) is 6.72. The maximum absolute atomic E-state index is 14.2. The number of halogens is 1. The molecule has 0 spiro atoms. The van der Waals surface area contributed by atoms with Crippen LogP contribution in [0.4, 0.5) is 4.39 Å². The SMILES string of the molecule is CCNC(=O)[C@H](C)N(Cc1ccccc1F)C(=O)CN(C)S(=O)(=O)c1ccc(C)cc1. The summed E-state index contributed by atoms with van der Waals surface area (Å²) < 4.78 is 40.8. The van der Waals surface area contributed by atoms with Crippen LogP contribution in [0.3, 0.4) is 0 Å². The van der Waals surface area contributed by atoms with Crippen LogP contribution in [-0.2, 0) is 26.2 Å². The van der Waals surface area contributed by atoms with Gasteiger partial charge in [-0.1, -0.05) is 35.9 Å². The van der Waals surface area contributed by atoms with E-state index in [-0.39, 0.29) is 17.0 Å². The zero-order chi connectivity index (χ0) is 23.2. The zero-order valence-electron chi connectivity index (χ0n) is 18.1. The number of carbonyl (C=O) groups excluding carboxylic acids is 2. The predicted molar refractivity (Wildman–Crippen MR) is 116 cm³/mol. The summed E-state index contributed by atoms with van der Waals surface area (Å²) >= 11 is 0. The summed E-state index contributed by atoms with van der Waals surface area (Å²) in [6.07, 6.45) is 0. The van der Waals surface area contributed by atoms with Crippen molar-refractivity contribution in [3.05, 3.63) is 65.5 Å². The Balaban J connectivity index is 2.28. The summed E-state index contributed by atoms with van der Waals surface area (Å²) in [6, 6.07) is 11.3. The molecule has 1 atom stereocenters. The number of benzene rings is 2. The molecule has 0 radical (unpaired) electrons. The van der Waals surface area contributed by atoms with Gasteiger partial charge in [-0.05, 0) is 39.0 Å². The predicted octanol–water partition coefficient (Wildman–Crippen LogP) is 2.31. The second-order valence-corrected chi connectivity index (χ2v) is 9.30. The summed E-state index contributed by atoms with van der Waals surface area (Å²) in [4.78, 5) is 26.7. The molecule has 0 saturated heterocycles. The Hall–Kier alpha value is -2.78. The average molecular weight is 450 g/mol. The molecule has 2 rings (SSSR count). The fourth-order valence-corrected chi connectivity index (χ4v) is 4.09. The molecule has 0 heterocycles. The number of carbonyl (C=O) groups is 2. The van der Waals surface area contributed by atoms with Crippen LogP contribution < -0.4 is 5.32 Å². The molecule has 0 bridgehead atoms. The molecule has 0 aliphatic rings. The first-order valence-electron chi connectivity index (χ1n) is 9.91. The minimum Gasteiger partial charge on any atom is -0.355 e. The normalized spacial score (nSPS) is 12.5. The van der Waals surface area contributed by atoms with Gasteiger partial charge in [0.1, 0.15) is 11.9 Å². The maximum atomic E-state index is 14.2. The maximum Gasteiger partial charge on any atom is 0.243 e. The largest absolute Gasteiger partial charge is 0.355 e. The van der Waals surface area contributed by atoms with Gasteiger partial charge in [0.15, 0.2) is 0 Å². The van der Waals surface area contributed by atoms with Crippen LogP contribution in [0, 0.1) is 12.7 Å². The third kappa shape index (κ3) is 6.11. The number of likely N-dealkylation sites (N-methyl/N-ethyl adjacent to an activating group) is 2. The molecule has 168 valence electrons. The van der Waals surface area contributed by atoms with Gasteiger partial charge in [0, 0.05) is 25.7 Å². The van der Waals surface area contributed by atoms with Crippen molar-refractivity contribution in [3.8, 4) is 0 Å². The minimum absolute atomic E-state index is 0.0610. The summed E-state index contributed by atoms with van der Waals surface area (Å²) in [5.41, 5.74) is 1.14. The van der Waals surface area contributed by atoms with E-state index in [1.807, 2.05) is 6.92 Å². The van der Waals surface area contributed by atoms with E-state index in [0.717, 1.165) is 9.87 Å². The summed E-state index contributed by atoms with van der Waals surface area (Å²) in [5.74, 6) is -1.53. The number of rotatable bonds is 9. The lowest BCUT2D eigenvalue weighted by Gasteiger charge is -2.30. The topological polar surface area (TPSA) is 86.8 Å². The van der Waals surface area contributed by atoms with E-state index in [4.69, 9.17) is 0 Å². The number of sulfonamides is 1. The molecule has 0 saturated carbocycles. The highest BCUT2D eigenvalue weighted by Crippen LogP contribution is 2.17. The number of nitrogens with zero attached hydrogens (tertiary/aromatic N) is 2. The summed E-state index contributed by atoms with van der Waals surface area (Å²) in [7, 11) is -2.61. The smallest absolute Gasteiger partial charge is 0.243 e. The van der Waals surface area contributed by atoms with E-state index >= 15 is 0 Å². The fraction of sp³-hybridized carbons (Fsp3) is 0.364. The van der Waals surface area contributed by atoms with Gasteiger partial charge in [0.05, 0.1) is 11.4 Å². The Morgan fingerprint density at radius 3 is 2.29 bits per heavy atom. The van der Waals surface area contributed by atoms with Gasteiger partial charge in [-0.2, -0.15) is 4.31 Å². The van der Waals surface area contributed by atoms with Crippen LogP contribution >= 0.6 is 0 Å². The Kier molecular flexibility index (Phi) is 8.29. The minimum atomic E-state index is -3.91. The van der Waals surface area contributed by atoms with E-state index < -0.39 is 40.2 Å². The molecule has 2 aromatic carbocycles. The molecule has 0 unspecified atom stereocenters. The number of hydrogen-bond donors (Lipinski definition) is 1. The average Bonchev–Trinajstić information content (AvgIpc) is 2.73. The molecule has 1 N–H and O–H groups in total. The van der Waals surface area contributed by atoms with E-state index in [1.165, 1.54) is 49.2 Å². The summed E-state index contributed by atoms with van der Waals surface area (Å²) in [6.45, 7) is 4.82. The van der Waals surface area contributed by atoms with Crippen molar-refractivity contribution in [2.24, 2.45) is 0 Å². The van der Waals surface area contributed by atoms with Crippen LogP contribution in [0.5, 0.6) is 0 Å². The monoisotopic (exact) mass is 449 g/mol. The van der Waals surface area contributed by atoms with Gasteiger partial charge in [-0.25, -0.2) is 12.8 Å². The Labute approximate surface area is 182 Å². The highest BCUT2D eigenvalue weighted by Gasteiger charge is 2.30. The first-order valence-corrected chi connectivity index (χ1v) is 11.4. The van der Waals surface area contributed by atoms with Crippen molar-refractivity contribution in [3.63, 3.8) is 0 Å². The molecule has 0 aliphatic carbocycles. The Bertz CT molecular complexity index is 1030. The first-order chi connectivity index (χ1) is 14.6. The van der Waals surface area contributed by atoms with E-state index in [2.05, 4.69) is 5.32 Å². The second-order valence-electron chi connectivity index (χ2n) is 7.26. The van der Waals surface area contributed by atoms with Crippen LogP contribution in [0.2, 0.25) is 0 Å². The van der Waals surface area contributed by atoms with Crippen molar-refractivity contribution in [1.29, 1.82) is 0 Å². The van der Waals surface area contributed by atoms with Crippen molar-refractivity contribution in [2.75, 3.05) is 20.1 Å². The number of amides is 2. The van der Waals surface area contributed by atoms with Gasteiger partial charge in [0.2, 0.25) is 21.8 Å². The van der Waals surface area contributed by atoms with Gasteiger partial charge < -0.3 is 10.2 Å². The van der Waals surface area contributed by atoms with Crippen molar-refractivity contribution in [2.45, 2.75) is 38.3 Å². The third-order valence-electron chi connectivity index (χ3n) is 4.90. The first kappa shape index (κ1) is 24.5. The highest BCUT2D eigenvalue weighted by molar-refractivity contribution is 7.89. The zero-order valence-corrected chi connectivity index (χ0v) is 18.9. The van der Waals surface area contributed by atoms with Crippen molar-refractivity contribution >= 4 is 21.8 Å². The van der Waals surface area contributed by atoms with Gasteiger partial charge in [0.25, 0.3) is 0 Å². The molecule has 2 amide bonds. The molecule has 31 heavy (non-hydrogen) atoms. The lowest BCUT2D eigenvalue weighted by Crippen LogP contribution is -2.50. The van der Waals surface area contributed by atoms with E-state index in [1.54, 1.807) is 25.1 Å². The fourth-order valence-electron chi connectivity index (χ4n) is 2.97. The summed E-state index contributed by atoms with van der Waals surface area (Å²) in [5, 5.41) is 2.64. The molecule has 0 fully saturated rings.